The summed E-state index contributed by atoms with van der Waals surface area (Å²) in [5.41, 5.74) is -0.180. The van der Waals surface area contributed by atoms with Crippen molar-refractivity contribution >= 4 is 29.2 Å². The second-order valence-corrected chi connectivity index (χ2v) is 7.61. The Morgan fingerprint density at radius 2 is 1.68 bits per heavy atom. The van der Waals surface area contributed by atoms with Crippen LogP contribution in [0.5, 0.6) is 5.75 Å². The first-order valence-electron chi connectivity index (χ1n) is 11.6. The molecule has 38 heavy (non-hydrogen) atoms. The fourth-order valence-electron chi connectivity index (χ4n) is 3.26. The number of nitrogens with zero attached hydrogens (tertiary/aromatic N) is 2. The Morgan fingerprint density at radius 3 is 2.32 bits per heavy atom. The van der Waals surface area contributed by atoms with Crippen molar-refractivity contribution in [3.8, 4) is 17.1 Å². The van der Waals surface area contributed by atoms with Gasteiger partial charge in [0.1, 0.15) is 0 Å². The molecule has 0 spiro atoms. The Kier molecular flexibility index (Phi) is 9.44. The lowest BCUT2D eigenvalue weighted by Crippen LogP contribution is -2.19. The predicted molar refractivity (Wildman–Crippen MR) is 134 cm³/mol. The SMILES string of the molecule is CCOC(=O)c1nc(-c2ccc(NC(=O)Nc3cccc(C(F)(F)F)c3)cc2)nc(NCCO)c1OCC. The lowest BCUT2D eigenvalue weighted by molar-refractivity contribution is -0.137. The van der Waals surface area contributed by atoms with Gasteiger partial charge in [0.2, 0.25) is 0 Å². The number of amides is 2. The molecule has 0 bridgehead atoms. The number of urea groups is 1. The number of rotatable bonds is 10. The van der Waals surface area contributed by atoms with Crippen LogP contribution in [0.25, 0.3) is 11.4 Å². The van der Waals surface area contributed by atoms with E-state index in [0.717, 1.165) is 12.1 Å². The molecule has 0 radical (unpaired) electrons. The molecule has 0 unspecified atom stereocenters. The Labute approximate surface area is 216 Å². The van der Waals surface area contributed by atoms with Crippen molar-refractivity contribution in [2.75, 3.05) is 42.3 Å². The quantitative estimate of drug-likeness (QED) is 0.274. The molecule has 0 saturated heterocycles. The number of hydrogen-bond donors (Lipinski definition) is 4. The van der Waals surface area contributed by atoms with Crippen LogP contribution < -0.4 is 20.7 Å². The van der Waals surface area contributed by atoms with Gasteiger partial charge in [-0.25, -0.2) is 19.6 Å². The molecule has 2 amide bonds. The van der Waals surface area contributed by atoms with Gasteiger partial charge in [-0.2, -0.15) is 13.2 Å². The molecular formula is C25H26F3N5O5. The number of carbonyl (C=O) groups excluding carboxylic acids is 2. The van der Waals surface area contributed by atoms with Gasteiger partial charge in [-0.3, -0.25) is 0 Å². The second kappa shape index (κ2) is 12.7. The van der Waals surface area contributed by atoms with E-state index in [2.05, 4.69) is 25.9 Å². The van der Waals surface area contributed by atoms with E-state index >= 15 is 0 Å². The molecule has 0 saturated carbocycles. The molecule has 10 nitrogen and oxygen atoms in total. The summed E-state index contributed by atoms with van der Waals surface area (Å²) in [6, 6.07) is 9.76. The summed E-state index contributed by atoms with van der Waals surface area (Å²) < 4.78 is 49.4. The molecule has 202 valence electrons. The van der Waals surface area contributed by atoms with E-state index in [0.29, 0.717) is 11.3 Å². The van der Waals surface area contributed by atoms with Crippen molar-refractivity contribution in [1.82, 2.24) is 9.97 Å². The molecule has 1 aromatic heterocycles. The van der Waals surface area contributed by atoms with Crippen molar-refractivity contribution in [3.05, 3.63) is 59.8 Å². The highest BCUT2D eigenvalue weighted by atomic mass is 19.4. The number of halogens is 3. The number of carbonyl (C=O) groups is 2. The number of esters is 1. The van der Waals surface area contributed by atoms with Crippen LogP contribution in [0.1, 0.15) is 29.9 Å². The van der Waals surface area contributed by atoms with E-state index < -0.39 is 23.7 Å². The summed E-state index contributed by atoms with van der Waals surface area (Å²) >= 11 is 0. The maximum Gasteiger partial charge on any atom is 0.416 e. The molecule has 0 aliphatic carbocycles. The Morgan fingerprint density at radius 1 is 0.974 bits per heavy atom. The molecule has 1 heterocycles. The number of aliphatic hydroxyl groups excluding tert-OH is 1. The number of nitrogens with one attached hydrogen (secondary N) is 3. The van der Waals surface area contributed by atoms with Crippen molar-refractivity contribution < 1.29 is 37.3 Å². The standard InChI is InChI=1S/C25H26F3N5O5/c1-3-37-20-19(23(35)38-4-2)32-21(33-22(20)29-12-13-34)15-8-10-17(11-9-15)30-24(36)31-18-7-5-6-16(14-18)25(26,27)28/h5-11,14,34H,3-4,12-13H2,1-2H3,(H,29,32,33)(H2,30,31,36). The average molecular weight is 534 g/mol. The van der Waals surface area contributed by atoms with Crippen LogP contribution in [0.15, 0.2) is 48.5 Å². The van der Waals surface area contributed by atoms with Crippen molar-refractivity contribution in [1.29, 1.82) is 0 Å². The van der Waals surface area contributed by atoms with Crippen LogP contribution in [0.2, 0.25) is 0 Å². The minimum atomic E-state index is -4.53. The van der Waals surface area contributed by atoms with E-state index in [1.165, 1.54) is 24.3 Å². The summed E-state index contributed by atoms with van der Waals surface area (Å²) in [6.07, 6.45) is -4.53. The zero-order valence-corrected chi connectivity index (χ0v) is 20.6. The molecule has 2 aromatic carbocycles. The molecule has 0 fully saturated rings. The van der Waals surface area contributed by atoms with Gasteiger partial charge in [0.25, 0.3) is 0 Å². The van der Waals surface area contributed by atoms with E-state index in [1.54, 1.807) is 26.0 Å². The maximum atomic E-state index is 12.9. The first kappa shape index (κ1) is 28.2. The number of benzene rings is 2. The van der Waals surface area contributed by atoms with Gasteiger partial charge < -0.3 is 30.5 Å². The number of hydrogen-bond acceptors (Lipinski definition) is 8. The van der Waals surface area contributed by atoms with E-state index in [4.69, 9.17) is 9.47 Å². The number of alkyl halides is 3. The zero-order valence-electron chi connectivity index (χ0n) is 20.6. The monoisotopic (exact) mass is 533 g/mol. The Bertz CT molecular complexity index is 1270. The normalized spacial score (nSPS) is 11.0. The number of ether oxygens (including phenoxy) is 2. The lowest BCUT2D eigenvalue weighted by atomic mass is 10.2. The minimum Gasteiger partial charge on any atom is -0.488 e. The van der Waals surface area contributed by atoms with Crippen molar-refractivity contribution in [2.24, 2.45) is 0 Å². The highest BCUT2D eigenvalue weighted by Crippen LogP contribution is 2.32. The molecule has 13 heteroatoms. The molecular weight excluding hydrogens is 507 g/mol. The fourth-order valence-corrected chi connectivity index (χ4v) is 3.26. The van der Waals surface area contributed by atoms with Gasteiger partial charge in [-0.1, -0.05) is 6.07 Å². The Balaban J connectivity index is 1.83. The first-order chi connectivity index (χ1) is 18.2. The van der Waals surface area contributed by atoms with Crippen LogP contribution in [0.3, 0.4) is 0 Å². The van der Waals surface area contributed by atoms with Crippen LogP contribution >= 0.6 is 0 Å². The largest absolute Gasteiger partial charge is 0.488 e. The zero-order chi connectivity index (χ0) is 27.7. The molecule has 3 rings (SSSR count). The summed E-state index contributed by atoms with van der Waals surface area (Å²) in [4.78, 5) is 33.6. The topological polar surface area (TPSA) is 135 Å². The minimum absolute atomic E-state index is 0.0221. The third-order valence-corrected chi connectivity index (χ3v) is 4.88. The molecule has 4 N–H and O–H groups in total. The Hall–Kier alpha value is -4.39. The molecule has 0 aliphatic rings. The highest BCUT2D eigenvalue weighted by molar-refractivity contribution is 6.00. The van der Waals surface area contributed by atoms with Gasteiger partial charge in [-0.15, -0.1) is 0 Å². The summed E-state index contributed by atoms with van der Waals surface area (Å²) in [5.74, 6) is -0.280. The first-order valence-corrected chi connectivity index (χ1v) is 11.6. The summed E-state index contributed by atoms with van der Waals surface area (Å²) in [6.45, 7) is 3.68. The fraction of sp³-hybridized carbons (Fsp3) is 0.280. The summed E-state index contributed by atoms with van der Waals surface area (Å²) in [5, 5.41) is 17.0. The molecule has 3 aromatic rings. The second-order valence-electron chi connectivity index (χ2n) is 7.61. The van der Waals surface area contributed by atoms with Crippen LogP contribution in [-0.4, -0.2) is 53.4 Å². The average Bonchev–Trinajstić information content (AvgIpc) is 2.88. The maximum absolute atomic E-state index is 12.9. The smallest absolute Gasteiger partial charge is 0.416 e. The van der Waals surface area contributed by atoms with Gasteiger partial charge >= 0.3 is 18.2 Å². The third-order valence-electron chi connectivity index (χ3n) is 4.88. The molecule has 0 aliphatic heterocycles. The number of aromatic nitrogens is 2. The van der Waals surface area contributed by atoms with Crippen molar-refractivity contribution in [2.45, 2.75) is 20.0 Å². The number of anilines is 3. The lowest BCUT2D eigenvalue weighted by Gasteiger charge is -2.16. The van der Waals surface area contributed by atoms with Gasteiger partial charge in [-0.05, 0) is 56.3 Å². The van der Waals surface area contributed by atoms with Gasteiger partial charge in [0.05, 0.1) is 25.4 Å². The van der Waals surface area contributed by atoms with E-state index in [-0.39, 0.29) is 55.1 Å². The highest BCUT2D eigenvalue weighted by Gasteiger charge is 2.30. The summed E-state index contributed by atoms with van der Waals surface area (Å²) in [7, 11) is 0. The van der Waals surface area contributed by atoms with E-state index in [9.17, 15) is 27.9 Å². The van der Waals surface area contributed by atoms with Crippen LogP contribution in [0.4, 0.5) is 35.2 Å². The van der Waals surface area contributed by atoms with Gasteiger partial charge in [0.15, 0.2) is 23.1 Å². The van der Waals surface area contributed by atoms with Gasteiger partial charge in [0, 0.05) is 23.5 Å². The third kappa shape index (κ3) is 7.32. The predicted octanol–water partition coefficient (Wildman–Crippen LogP) is 4.79. The number of aliphatic hydroxyl groups is 1. The van der Waals surface area contributed by atoms with Crippen LogP contribution in [-0.2, 0) is 10.9 Å². The van der Waals surface area contributed by atoms with E-state index in [1.807, 2.05) is 0 Å². The van der Waals surface area contributed by atoms with Crippen LogP contribution in [0, 0.1) is 0 Å². The molecule has 0 atom stereocenters. The van der Waals surface area contributed by atoms with Crippen molar-refractivity contribution in [3.63, 3.8) is 0 Å².